The van der Waals surface area contributed by atoms with Crippen molar-refractivity contribution >= 4 is 11.3 Å². The zero-order valence-electron chi connectivity index (χ0n) is 12.0. The number of hydrogen-bond acceptors (Lipinski definition) is 3. The highest BCUT2D eigenvalue weighted by Crippen LogP contribution is 2.33. The first-order valence-corrected chi connectivity index (χ1v) is 8.24. The van der Waals surface area contributed by atoms with Crippen molar-refractivity contribution < 1.29 is 0 Å². The van der Waals surface area contributed by atoms with Crippen molar-refractivity contribution in [2.75, 3.05) is 13.6 Å². The quantitative estimate of drug-likeness (QED) is 0.814. The second kappa shape index (κ2) is 7.07. The first kappa shape index (κ1) is 14.6. The molecular weight excluding hydrogens is 252 g/mol. The van der Waals surface area contributed by atoms with Crippen LogP contribution >= 0.6 is 11.3 Å². The van der Waals surface area contributed by atoms with Gasteiger partial charge in [0.25, 0.3) is 0 Å². The summed E-state index contributed by atoms with van der Waals surface area (Å²) in [5.74, 6) is 1.05. The Morgan fingerprint density at radius 3 is 2.95 bits per heavy atom. The summed E-state index contributed by atoms with van der Waals surface area (Å²) < 4.78 is 0. The van der Waals surface area contributed by atoms with Crippen LogP contribution in [0.5, 0.6) is 0 Å². The predicted molar refractivity (Wildman–Crippen MR) is 81.2 cm³/mol. The van der Waals surface area contributed by atoms with Crippen LogP contribution in [0.15, 0.2) is 17.5 Å². The topological polar surface area (TPSA) is 27.0 Å². The van der Waals surface area contributed by atoms with Crippen molar-refractivity contribution in [2.24, 2.45) is 11.8 Å². The summed E-state index contributed by atoms with van der Waals surface area (Å²) in [7, 11) is 2.20. The SMILES string of the molecule is CCC1CCC(C#N)C(N(C)CCc2cccs2)C1. The van der Waals surface area contributed by atoms with E-state index >= 15 is 0 Å². The minimum absolute atomic E-state index is 0.233. The van der Waals surface area contributed by atoms with Crippen LogP contribution in [0.1, 0.15) is 37.5 Å². The van der Waals surface area contributed by atoms with Crippen LogP contribution in [0.4, 0.5) is 0 Å². The number of nitrogens with zero attached hydrogens (tertiary/aromatic N) is 2. The van der Waals surface area contributed by atoms with Gasteiger partial charge in [-0.25, -0.2) is 0 Å². The Kier molecular flexibility index (Phi) is 5.42. The second-order valence-electron chi connectivity index (χ2n) is 5.70. The molecular formula is C16H24N2S. The Hall–Kier alpha value is -0.850. The highest BCUT2D eigenvalue weighted by atomic mass is 32.1. The molecule has 0 N–H and O–H groups in total. The molecule has 1 fully saturated rings. The molecule has 0 spiro atoms. The summed E-state index contributed by atoms with van der Waals surface area (Å²) in [4.78, 5) is 3.87. The normalized spacial score (nSPS) is 27.4. The lowest BCUT2D eigenvalue weighted by Crippen LogP contribution is -2.42. The van der Waals surface area contributed by atoms with Crippen molar-refractivity contribution in [1.29, 1.82) is 5.26 Å². The van der Waals surface area contributed by atoms with Crippen molar-refractivity contribution in [1.82, 2.24) is 4.90 Å². The molecule has 1 aliphatic carbocycles. The van der Waals surface area contributed by atoms with Gasteiger partial charge in [-0.05, 0) is 50.1 Å². The maximum atomic E-state index is 9.35. The van der Waals surface area contributed by atoms with Gasteiger partial charge in [0.15, 0.2) is 0 Å². The van der Waals surface area contributed by atoms with E-state index in [4.69, 9.17) is 0 Å². The fraction of sp³-hybridized carbons (Fsp3) is 0.688. The van der Waals surface area contributed by atoms with Gasteiger partial charge in [-0.3, -0.25) is 0 Å². The molecule has 1 aliphatic rings. The van der Waals surface area contributed by atoms with Crippen LogP contribution < -0.4 is 0 Å². The molecule has 3 heteroatoms. The van der Waals surface area contributed by atoms with E-state index in [0.717, 1.165) is 25.3 Å². The average molecular weight is 276 g/mol. The third kappa shape index (κ3) is 3.81. The van der Waals surface area contributed by atoms with E-state index in [2.05, 4.69) is 42.5 Å². The highest BCUT2D eigenvalue weighted by molar-refractivity contribution is 7.09. The summed E-state index contributed by atoms with van der Waals surface area (Å²) in [6, 6.07) is 7.32. The molecule has 2 nitrogen and oxygen atoms in total. The zero-order chi connectivity index (χ0) is 13.7. The smallest absolute Gasteiger partial charge is 0.0672 e. The minimum Gasteiger partial charge on any atom is -0.302 e. The molecule has 2 rings (SSSR count). The van der Waals surface area contributed by atoms with Crippen molar-refractivity contribution in [3.63, 3.8) is 0 Å². The molecule has 0 aromatic carbocycles. The van der Waals surface area contributed by atoms with Gasteiger partial charge in [-0.15, -0.1) is 11.3 Å². The molecule has 1 aromatic heterocycles. The largest absolute Gasteiger partial charge is 0.302 e. The summed E-state index contributed by atoms with van der Waals surface area (Å²) in [5.41, 5.74) is 0. The van der Waals surface area contributed by atoms with Gasteiger partial charge < -0.3 is 4.90 Å². The lowest BCUT2D eigenvalue weighted by atomic mass is 9.77. The highest BCUT2D eigenvalue weighted by Gasteiger charge is 2.32. The molecule has 0 radical (unpaired) electrons. The number of hydrogen-bond donors (Lipinski definition) is 0. The fourth-order valence-corrected chi connectivity index (χ4v) is 3.85. The maximum absolute atomic E-state index is 9.35. The van der Waals surface area contributed by atoms with Crippen LogP contribution in [-0.2, 0) is 6.42 Å². The lowest BCUT2D eigenvalue weighted by molar-refractivity contribution is 0.125. The van der Waals surface area contributed by atoms with Gasteiger partial charge in [-0.1, -0.05) is 19.4 Å². The molecule has 3 unspecified atom stereocenters. The van der Waals surface area contributed by atoms with E-state index in [0.29, 0.717) is 6.04 Å². The fourth-order valence-electron chi connectivity index (χ4n) is 3.15. The van der Waals surface area contributed by atoms with E-state index in [-0.39, 0.29) is 5.92 Å². The van der Waals surface area contributed by atoms with Gasteiger partial charge in [-0.2, -0.15) is 5.26 Å². The Balaban J connectivity index is 1.91. The van der Waals surface area contributed by atoms with Gasteiger partial charge >= 0.3 is 0 Å². The van der Waals surface area contributed by atoms with Gasteiger partial charge in [0.2, 0.25) is 0 Å². The third-order valence-corrected chi connectivity index (χ3v) is 5.46. The van der Waals surface area contributed by atoms with Crippen molar-refractivity contribution in [3.05, 3.63) is 22.4 Å². The van der Waals surface area contributed by atoms with Crippen molar-refractivity contribution in [3.8, 4) is 6.07 Å². The molecule has 0 aliphatic heterocycles. The van der Waals surface area contributed by atoms with E-state index in [1.54, 1.807) is 0 Å². The molecule has 0 saturated heterocycles. The van der Waals surface area contributed by atoms with Crippen LogP contribution in [0.2, 0.25) is 0 Å². The zero-order valence-corrected chi connectivity index (χ0v) is 12.8. The summed E-state index contributed by atoms with van der Waals surface area (Å²) in [6.07, 6.45) is 5.90. The van der Waals surface area contributed by atoms with E-state index in [1.165, 1.54) is 24.1 Å². The molecule has 0 amide bonds. The summed E-state index contributed by atoms with van der Waals surface area (Å²) in [5, 5.41) is 11.5. The Morgan fingerprint density at radius 2 is 2.32 bits per heavy atom. The van der Waals surface area contributed by atoms with Crippen LogP contribution in [0.25, 0.3) is 0 Å². The van der Waals surface area contributed by atoms with Gasteiger partial charge in [0.1, 0.15) is 0 Å². The number of thiophene rings is 1. The molecule has 1 heterocycles. The number of rotatable bonds is 5. The van der Waals surface area contributed by atoms with E-state index in [9.17, 15) is 5.26 Å². The maximum Gasteiger partial charge on any atom is 0.0672 e. The van der Waals surface area contributed by atoms with Gasteiger partial charge in [0, 0.05) is 17.5 Å². The standard InChI is InChI=1S/C16H24N2S/c1-3-13-6-7-14(12-17)16(11-13)18(2)9-8-15-5-4-10-19-15/h4-5,10,13-14,16H,3,6-9,11H2,1-2H3. The third-order valence-electron chi connectivity index (χ3n) is 4.53. The van der Waals surface area contributed by atoms with Crippen LogP contribution in [0, 0.1) is 23.2 Å². The summed E-state index contributed by atoms with van der Waals surface area (Å²) >= 11 is 1.83. The van der Waals surface area contributed by atoms with Gasteiger partial charge in [0.05, 0.1) is 12.0 Å². The molecule has 0 bridgehead atoms. The molecule has 1 saturated carbocycles. The Labute approximate surface area is 121 Å². The monoisotopic (exact) mass is 276 g/mol. The Bertz CT molecular complexity index is 407. The average Bonchev–Trinajstić information content (AvgIpc) is 2.97. The lowest BCUT2D eigenvalue weighted by Gasteiger charge is -2.38. The van der Waals surface area contributed by atoms with Crippen molar-refractivity contribution in [2.45, 2.75) is 45.1 Å². The van der Waals surface area contributed by atoms with E-state index in [1.807, 2.05) is 11.3 Å². The summed E-state index contributed by atoms with van der Waals surface area (Å²) in [6.45, 7) is 3.35. The van der Waals surface area contributed by atoms with Crippen LogP contribution in [0.3, 0.4) is 0 Å². The van der Waals surface area contributed by atoms with Crippen LogP contribution in [-0.4, -0.2) is 24.5 Å². The first-order chi connectivity index (χ1) is 9.24. The molecule has 3 atom stereocenters. The van der Waals surface area contributed by atoms with E-state index < -0.39 is 0 Å². The predicted octanol–water partition coefficient (Wildman–Crippen LogP) is 3.94. The molecule has 19 heavy (non-hydrogen) atoms. The number of nitriles is 1. The molecule has 104 valence electrons. The Morgan fingerprint density at radius 1 is 1.47 bits per heavy atom. The molecule has 1 aromatic rings. The first-order valence-electron chi connectivity index (χ1n) is 7.36. The minimum atomic E-state index is 0.233. The number of likely N-dealkylation sites (N-methyl/N-ethyl adjacent to an activating group) is 1. The second-order valence-corrected chi connectivity index (χ2v) is 6.73.